The first-order chi connectivity index (χ1) is 9.74. The van der Waals surface area contributed by atoms with Crippen LogP contribution in [0.25, 0.3) is 0 Å². The van der Waals surface area contributed by atoms with Gasteiger partial charge in [0.1, 0.15) is 17.6 Å². The molecule has 1 fully saturated rings. The molecule has 1 aliphatic rings. The molecule has 1 unspecified atom stereocenters. The predicted octanol–water partition coefficient (Wildman–Crippen LogP) is 2.50. The topological polar surface area (TPSA) is 42.4 Å². The van der Waals surface area contributed by atoms with Crippen molar-refractivity contribution in [1.82, 2.24) is 9.88 Å². The molecule has 2 heterocycles. The van der Waals surface area contributed by atoms with Crippen molar-refractivity contribution in [2.75, 3.05) is 19.7 Å². The normalized spacial score (nSPS) is 19.1. The fourth-order valence-corrected chi connectivity index (χ4v) is 2.72. The van der Waals surface area contributed by atoms with Crippen LogP contribution in [0.5, 0.6) is 0 Å². The van der Waals surface area contributed by atoms with Crippen LogP contribution >= 0.6 is 11.3 Å². The fourth-order valence-electron chi connectivity index (χ4n) is 2.19. The number of carbonyl (C=O) groups is 1. The van der Waals surface area contributed by atoms with Gasteiger partial charge in [-0.25, -0.2) is 9.37 Å². The summed E-state index contributed by atoms with van der Waals surface area (Å²) in [4.78, 5) is 18.0. The van der Waals surface area contributed by atoms with Crippen LogP contribution in [-0.4, -0.2) is 35.5 Å². The van der Waals surface area contributed by atoms with Crippen molar-refractivity contribution < 1.29 is 13.9 Å². The van der Waals surface area contributed by atoms with E-state index in [1.165, 1.54) is 23.5 Å². The molecule has 0 aliphatic carbocycles. The van der Waals surface area contributed by atoms with E-state index in [0.717, 1.165) is 5.56 Å². The van der Waals surface area contributed by atoms with Gasteiger partial charge >= 0.3 is 0 Å². The summed E-state index contributed by atoms with van der Waals surface area (Å²) in [6.45, 7) is 1.48. The maximum Gasteiger partial charge on any atom is 0.273 e. The van der Waals surface area contributed by atoms with E-state index in [1.807, 2.05) is 0 Å². The molecule has 0 N–H and O–H groups in total. The standard InChI is InChI=1S/C14H13FN2O2S/c15-11-3-1-10(2-4-11)13-7-17(5-6-19-13)14(18)12-8-20-9-16-12/h1-4,8-9,13H,5-7H2. The lowest BCUT2D eigenvalue weighted by atomic mass is 10.1. The van der Waals surface area contributed by atoms with E-state index in [1.54, 1.807) is 27.9 Å². The number of carbonyl (C=O) groups excluding carboxylic acids is 1. The second-order valence-corrected chi connectivity index (χ2v) is 5.25. The molecule has 1 aromatic heterocycles. The van der Waals surface area contributed by atoms with E-state index < -0.39 is 0 Å². The molecular weight excluding hydrogens is 279 g/mol. The van der Waals surface area contributed by atoms with Gasteiger partial charge in [-0.2, -0.15) is 0 Å². The number of hydrogen-bond acceptors (Lipinski definition) is 4. The lowest BCUT2D eigenvalue weighted by Crippen LogP contribution is -2.42. The van der Waals surface area contributed by atoms with Gasteiger partial charge in [0.2, 0.25) is 0 Å². The number of amides is 1. The largest absolute Gasteiger partial charge is 0.370 e. The quantitative estimate of drug-likeness (QED) is 0.854. The Kier molecular flexibility index (Phi) is 3.75. The highest BCUT2D eigenvalue weighted by Crippen LogP contribution is 2.23. The second kappa shape index (κ2) is 5.68. The van der Waals surface area contributed by atoms with Gasteiger partial charge in [0, 0.05) is 11.9 Å². The number of halogens is 1. The average Bonchev–Trinajstić information content (AvgIpc) is 3.01. The highest BCUT2D eigenvalue weighted by molar-refractivity contribution is 7.07. The Morgan fingerprint density at radius 2 is 2.20 bits per heavy atom. The van der Waals surface area contributed by atoms with Crippen molar-refractivity contribution in [3.63, 3.8) is 0 Å². The summed E-state index contributed by atoms with van der Waals surface area (Å²) in [7, 11) is 0. The SMILES string of the molecule is O=C(c1cscn1)N1CCOC(c2ccc(F)cc2)C1. The molecule has 0 bridgehead atoms. The third-order valence-corrected chi connectivity index (χ3v) is 3.83. The molecule has 1 saturated heterocycles. The van der Waals surface area contributed by atoms with Gasteiger partial charge in [0.05, 0.1) is 18.7 Å². The lowest BCUT2D eigenvalue weighted by molar-refractivity contribution is -0.0230. The summed E-state index contributed by atoms with van der Waals surface area (Å²) in [6.07, 6.45) is -0.216. The first kappa shape index (κ1) is 13.2. The molecule has 20 heavy (non-hydrogen) atoms. The smallest absolute Gasteiger partial charge is 0.273 e. The van der Waals surface area contributed by atoms with Crippen LogP contribution in [0.2, 0.25) is 0 Å². The minimum atomic E-state index is -0.278. The van der Waals surface area contributed by atoms with Gasteiger partial charge in [-0.1, -0.05) is 12.1 Å². The van der Waals surface area contributed by atoms with Crippen molar-refractivity contribution in [3.8, 4) is 0 Å². The highest BCUT2D eigenvalue weighted by Gasteiger charge is 2.26. The summed E-state index contributed by atoms with van der Waals surface area (Å²) in [6, 6.07) is 6.19. The number of aromatic nitrogens is 1. The summed E-state index contributed by atoms with van der Waals surface area (Å²) in [5, 5.41) is 1.74. The Labute approximate surface area is 119 Å². The van der Waals surface area contributed by atoms with Crippen LogP contribution < -0.4 is 0 Å². The van der Waals surface area contributed by atoms with E-state index in [9.17, 15) is 9.18 Å². The number of rotatable bonds is 2. The number of thiazole rings is 1. The van der Waals surface area contributed by atoms with E-state index in [0.29, 0.717) is 25.4 Å². The van der Waals surface area contributed by atoms with E-state index >= 15 is 0 Å². The number of morpholine rings is 1. The van der Waals surface area contributed by atoms with Crippen molar-refractivity contribution >= 4 is 17.2 Å². The molecule has 1 atom stereocenters. The third kappa shape index (κ3) is 2.71. The van der Waals surface area contributed by atoms with Crippen molar-refractivity contribution in [2.24, 2.45) is 0 Å². The average molecular weight is 292 g/mol. The summed E-state index contributed by atoms with van der Waals surface area (Å²) >= 11 is 1.40. The first-order valence-corrected chi connectivity index (χ1v) is 7.23. The monoisotopic (exact) mass is 292 g/mol. The predicted molar refractivity (Wildman–Crippen MR) is 73.1 cm³/mol. The third-order valence-electron chi connectivity index (χ3n) is 3.25. The molecule has 104 valence electrons. The molecule has 0 radical (unpaired) electrons. The van der Waals surface area contributed by atoms with Gasteiger partial charge in [0.25, 0.3) is 5.91 Å². The highest BCUT2D eigenvalue weighted by atomic mass is 32.1. The maximum atomic E-state index is 12.9. The first-order valence-electron chi connectivity index (χ1n) is 6.28. The minimum absolute atomic E-state index is 0.0818. The van der Waals surface area contributed by atoms with Gasteiger partial charge in [-0.3, -0.25) is 4.79 Å². The molecule has 0 saturated carbocycles. The van der Waals surface area contributed by atoms with Crippen molar-refractivity contribution in [3.05, 3.63) is 52.2 Å². The molecule has 3 rings (SSSR count). The Balaban J connectivity index is 1.73. The molecule has 4 nitrogen and oxygen atoms in total. The Bertz CT molecular complexity index is 586. The maximum absolute atomic E-state index is 12.9. The van der Waals surface area contributed by atoms with E-state index in [-0.39, 0.29) is 17.8 Å². The molecule has 6 heteroatoms. The summed E-state index contributed by atoms with van der Waals surface area (Å²) in [5.41, 5.74) is 2.99. The van der Waals surface area contributed by atoms with Crippen molar-refractivity contribution in [2.45, 2.75) is 6.10 Å². The zero-order valence-corrected chi connectivity index (χ0v) is 11.5. The number of benzene rings is 1. The van der Waals surface area contributed by atoms with Gasteiger partial charge < -0.3 is 9.64 Å². The zero-order chi connectivity index (χ0) is 13.9. The minimum Gasteiger partial charge on any atom is -0.370 e. The lowest BCUT2D eigenvalue weighted by Gasteiger charge is -2.32. The second-order valence-electron chi connectivity index (χ2n) is 4.54. The molecule has 1 aliphatic heterocycles. The van der Waals surface area contributed by atoms with Crippen LogP contribution in [0.15, 0.2) is 35.2 Å². The van der Waals surface area contributed by atoms with Gasteiger partial charge in [0.15, 0.2) is 0 Å². The van der Waals surface area contributed by atoms with Crippen LogP contribution in [0.4, 0.5) is 4.39 Å². The molecule has 0 spiro atoms. The van der Waals surface area contributed by atoms with Crippen LogP contribution in [0, 0.1) is 5.82 Å². The van der Waals surface area contributed by atoms with Gasteiger partial charge in [-0.05, 0) is 17.7 Å². The number of nitrogens with zero attached hydrogens (tertiary/aromatic N) is 2. The van der Waals surface area contributed by atoms with Crippen molar-refractivity contribution in [1.29, 1.82) is 0 Å². The zero-order valence-electron chi connectivity index (χ0n) is 10.7. The Morgan fingerprint density at radius 1 is 1.40 bits per heavy atom. The van der Waals surface area contributed by atoms with Crippen LogP contribution in [0.1, 0.15) is 22.2 Å². The molecule has 1 aromatic carbocycles. The number of hydrogen-bond donors (Lipinski definition) is 0. The van der Waals surface area contributed by atoms with Gasteiger partial charge in [-0.15, -0.1) is 11.3 Å². The summed E-state index contributed by atoms with van der Waals surface area (Å²) in [5.74, 6) is -0.360. The van der Waals surface area contributed by atoms with E-state index in [4.69, 9.17) is 4.74 Å². The fraction of sp³-hybridized carbons (Fsp3) is 0.286. The molecular formula is C14H13FN2O2S. The van der Waals surface area contributed by atoms with E-state index in [2.05, 4.69) is 4.98 Å². The summed E-state index contributed by atoms with van der Waals surface area (Å²) < 4.78 is 18.6. The molecule has 2 aromatic rings. The number of ether oxygens (including phenoxy) is 1. The molecule has 1 amide bonds. The van der Waals surface area contributed by atoms with Crippen LogP contribution in [0.3, 0.4) is 0 Å². The van der Waals surface area contributed by atoms with Crippen LogP contribution in [-0.2, 0) is 4.74 Å². The Morgan fingerprint density at radius 3 is 2.90 bits per heavy atom. The Hall–Kier alpha value is -1.79.